The summed E-state index contributed by atoms with van der Waals surface area (Å²) in [5, 5.41) is 3.58. The first-order valence-electron chi connectivity index (χ1n) is 7.42. The lowest BCUT2D eigenvalue weighted by molar-refractivity contribution is -0.286. The molecule has 2 fully saturated rings. The van der Waals surface area contributed by atoms with Crippen molar-refractivity contribution in [1.29, 1.82) is 0 Å². The van der Waals surface area contributed by atoms with Crippen LogP contribution in [0.25, 0.3) is 0 Å². The summed E-state index contributed by atoms with van der Waals surface area (Å²) in [5.74, 6) is 0.981. The van der Waals surface area contributed by atoms with Gasteiger partial charge in [0, 0.05) is 36.9 Å². The third kappa shape index (κ3) is 2.41. The Kier molecular flexibility index (Phi) is 2.79. The Hall–Kier alpha value is -1.56. The van der Waals surface area contributed by atoms with Crippen molar-refractivity contribution >= 4 is 5.69 Å². The van der Waals surface area contributed by atoms with Gasteiger partial charge in [0.1, 0.15) is 0 Å². The topological polar surface area (TPSA) is 33.7 Å². The van der Waals surface area contributed by atoms with Gasteiger partial charge in [-0.05, 0) is 37.8 Å². The molecule has 1 saturated heterocycles. The molecule has 0 spiro atoms. The molecule has 3 aliphatic rings. The van der Waals surface area contributed by atoms with Gasteiger partial charge < -0.3 is 19.7 Å². The molecular formula is C15H18F2N2O2. The predicted octanol–water partition coefficient (Wildman–Crippen LogP) is 2.58. The SMILES string of the molecule is CC1CNC(C2CC2)CN1c1ccc2c(c1)OC(F)(F)O2. The third-order valence-electron chi connectivity index (χ3n) is 4.51. The van der Waals surface area contributed by atoms with Gasteiger partial charge in [-0.25, -0.2) is 0 Å². The second-order valence-corrected chi connectivity index (χ2v) is 6.15. The smallest absolute Gasteiger partial charge is 0.395 e. The van der Waals surface area contributed by atoms with E-state index in [2.05, 4.69) is 26.6 Å². The molecular weight excluding hydrogens is 278 g/mol. The zero-order valence-electron chi connectivity index (χ0n) is 11.8. The Morgan fingerprint density at radius 3 is 2.76 bits per heavy atom. The number of hydrogen-bond acceptors (Lipinski definition) is 4. The minimum atomic E-state index is -3.55. The molecule has 1 aliphatic carbocycles. The molecule has 114 valence electrons. The fourth-order valence-corrected chi connectivity index (χ4v) is 3.18. The molecule has 21 heavy (non-hydrogen) atoms. The fourth-order valence-electron chi connectivity index (χ4n) is 3.18. The van der Waals surface area contributed by atoms with E-state index >= 15 is 0 Å². The van der Waals surface area contributed by atoms with Crippen molar-refractivity contribution in [2.45, 2.75) is 38.1 Å². The molecule has 2 aliphatic heterocycles. The van der Waals surface area contributed by atoms with Crippen LogP contribution in [-0.2, 0) is 0 Å². The summed E-state index contributed by atoms with van der Waals surface area (Å²) in [6.45, 7) is 3.95. The highest BCUT2D eigenvalue weighted by molar-refractivity contribution is 5.58. The van der Waals surface area contributed by atoms with Crippen LogP contribution < -0.4 is 19.7 Å². The summed E-state index contributed by atoms with van der Waals surface area (Å²) in [4.78, 5) is 2.26. The average Bonchev–Trinajstić information content (AvgIpc) is 3.21. The van der Waals surface area contributed by atoms with Gasteiger partial charge in [0.15, 0.2) is 11.5 Å². The summed E-state index contributed by atoms with van der Waals surface area (Å²) in [5.41, 5.74) is 0.912. The lowest BCUT2D eigenvalue weighted by Crippen LogP contribution is -2.56. The first-order chi connectivity index (χ1) is 10.0. The number of piperazine rings is 1. The molecule has 0 bridgehead atoms. The molecule has 6 heteroatoms. The highest BCUT2D eigenvalue weighted by Crippen LogP contribution is 2.43. The van der Waals surface area contributed by atoms with E-state index in [1.54, 1.807) is 12.1 Å². The number of anilines is 1. The lowest BCUT2D eigenvalue weighted by atomic mass is 10.1. The molecule has 2 heterocycles. The van der Waals surface area contributed by atoms with E-state index in [1.807, 2.05) is 6.07 Å². The van der Waals surface area contributed by atoms with E-state index in [0.717, 1.165) is 24.7 Å². The van der Waals surface area contributed by atoms with E-state index in [9.17, 15) is 8.78 Å². The minimum absolute atomic E-state index is 0.102. The van der Waals surface area contributed by atoms with Crippen LogP contribution in [0.15, 0.2) is 18.2 Å². The predicted molar refractivity (Wildman–Crippen MR) is 74.0 cm³/mol. The molecule has 0 radical (unpaired) electrons. The summed E-state index contributed by atoms with van der Waals surface area (Å²) in [6, 6.07) is 5.86. The quantitative estimate of drug-likeness (QED) is 0.909. The number of nitrogens with zero attached hydrogens (tertiary/aromatic N) is 1. The van der Waals surface area contributed by atoms with Gasteiger partial charge in [-0.2, -0.15) is 0 Å². The zero-order chi connectivity index (χ0) is 14.6. The fraction of sp³-hybridized carbons (Fsp3) is 0.600. The second kappa shape index (κ2) is 4.47. The number of benzene rings is 1. The normalized spacial score (nSPS) is 30.5. The van der Waals surface area contributed by atoms with Gasteiger partial charge in [-0.15, -0.1) is 8.78 Å². The Morgan fingerprint density at radius 2 is 2.00 bits per heavy atom. The van der Waals surface area contributed by atoms with Crippen LogP contribution in [-0.4, -0.2) is 31.5 Å². The van der Waals surface area contributed by atoms with Crippen molar-refractivity contribution in [1.82, 2.24) is 5.32 Å². The second-order valence-electron chi connectivity index (χ2n) is 6.15. The van der Waals surface area contributed by atoms with Crippen molar-refractivity contribution < 1.29 is 18.3 Å². The first-order valence-corrected chi connectivity index (χ1v) is 7.42. The summed E-state index contributed by atoms with van der Waals surface area (Å²) >= 11 is 0. The van der Waals surface area contributed by atoms with Crippen molar-refractivity contribution in [2.75, 3.05) is 18.0 Å². The molecule has 2 unspecified atom stereocenters. The van der Waals surface area contributed by atoms with E-state index in [4.69, 9.17) is 0 Å². The van der Waals surface area contributed by atoms with Gasteiger partial charge >= 0.3 is 6.29 Å². The van der Waals surface area contributed by atoms with Crippen molar-refractivity contribution in [3.63, 3.8) is 0 Å². The van der Waals surface area contributed by atoms with E-state index < -0.39 is 6.29 Å². The maximum Gasteiger partial charge on any atom is 0.586 e. The molecule has 2 atom stereocenters. The number of nitrogens with one attached hydrogen (secondary N) is 1. The van der Waals surface area contributed by atoms with Gasteiger partial charge in [-0.3, -0.25) is 0 Å². The molecule has 4 nitrogen and oxygen atoms in total. The number of fused-ring (bicyclic) bond motifs is 1. The van der Waals surface area contributed by atoms with Crippen LogP contribution >= 0.6 is 0 Å². The van der Waals surface area contributed by atoms with Crippen LogP contribution in [0.3, 0.4) is 0 Å². The van der Waals surface area contributed by atoms with Crippen LogP contribution in [0.4, 0.5) is 14.5 Å². The Balaban J connectivity index is 1.58. The Labute approximate surface area is 122 Å². The van der Waals surface area contributed by atoms with Gasteiger partial charge in [0.25, 0.3) is 0 Å². The van der Waals surface area contributed by atoms with E-state index in [1.165, 1.54) is 12.8 Å². The average molecular weight is 296 g/mol. The largest absolute Gasteiger partial charge is 0.586 e. The maximum atomic E-state index is 13.1. The van der Waals surface area contributed by atoms with Crippen LogP contribution in [0.2, 0.25) is 0 Å². The van der Waals surface area contributed by atoms with Gasteiger partial charge in [-0.1, -0.05) is 0 Å². The third-order valence-corrected chi connectivity index (χ3v) is 4.51. The standard InChI is InChI=1S/C15H18F2N2O2/c1-9-7-18-12(10-2-3-10)8-19(9)11-4-5-13-14(6-11)21-15(16,17)20-13/h4-6,9-10,12,18H,2-3,7-8H2,1H3. The Morgan fingerprint density at radius 1 is 1.24 bits per heavy atom. The number of halogens is 2. The Bertz CT molecular complexity index is 563. The number of ether oxygens (including phenoxy) is 2. The maximum absolute atomic E-state index is 13.1. The van der Waals surface area contributed by atoms with Crippen LogP contribution in [0.5, 0.6) is 11.5 Å². The van der Waals surface area contributed by atoms with Crippen LogP contribution in [0.1, 0.15) is 19.8 Å². The number of alkyl halides is 2. The summed E-state index contributed by atoms with van der Waals surface area (Å²) in [7, 11) is 0. The van der Waals surface area contributed by atoms with Gasteiger partial charge in [0.2, 0.25) is 0 Å². The van der Waals surface area contributed by atoms with E-state index in [-0.39, 0.29) is 11.5 Å². The van der Waals surface area contributed by atoms with E-state index in [0.29, 0.717) is 12.1 Å². The zero-order valence-corrected chi connectivity index (χ0v) is 11.8. The monoisotopic (exact) mass is 296 g/mol. The van der Waals surface area contributed by atoms with Crippen molar-refractivity contribution in [3.05, 3.63) is 18.2 Å². The molecule has 1 aromatic rings. The molecule has 0 aromatic heterocycles. The van der Waals surface area contributed by atoms with Gasteiger partial charge in [0.05, 0.1) is 0 Å². The molecule has 4 rings (SSSR count). The first kappa shape index (κ1) is 13.1. The highest BCUT2D eigenvalue weighted by atomic mass is 19.3. The molecule has 0 amide bonds. The highest BCUT2D eigenvalue weighted by Gasteiger charge is 2.44. The van der Waals surface area contributed by atoms with Crippen molar-refractivity contribution in [2.24, 2.45) is 5.92 Å². The number of rotatable bonds is 2. The molecule has 1 N–H and O–H groups in total. The lowest BCUT2D eigenvalue weighted by Gasteiger charge is -2.40. The number of hydrogen-bond donors (Lipinski definition) is 1. The van der Waals surface area contributed by atoms with Crippen molar-refractivity contribution in [3.8, 4) is 11.5 Å². The minimum Gasteiger partial charge on any atom is -0.395 e. The summed E-state index contributed by atoms with van der Waals surface area (Å²) in [6.07, 6.45) is -0.979. The van der Waals surface area contributed by atoms with Crippen LogP contribution in [0, 0.1) is 5.92 Å². The summed E-state index contributed by atoms with van der Waals surface area (Å²) < 4.78 is 35.2. The molecule has 1 saturated carbocycles. The molecule has 1 aromatic carbocycles.